The van der Waals surface area contributed by atoms with Gasteiger partial charge in [0, 0.05) is 25.4 Å². The molecule has 0 spiro atoms. The third kappa shape index (κ3) is 16.8. The standard InChI is InChI=1S/C39H66O10/c1-4-37(40)45-26-12-8-6-10-24-43-33-17-14-31(15-18-33)39(49-42)32-16-23-36(30(3)28-32)48-29-47-35-21-19-34(20-22-35)44-25-11-7-9-13-27-46-38(41)5-2/h4-5,30-36,39,42H,1-2,6-29H2,3H3. The SMILES string of the molecule is C=CC(=O)OCCCCCCOC1CCC(OCOC2CCC(C(OO)C3CCC(OCCCCCCOC(=O)C=C)CC3)CC2C)CC1. The Morgan fingerprint density at radius 1 is 0.612 bits per heavy atom. The molecule has 3 rings (SSSR count). The second-order valence-corrected chi connectivity index (χ2v) is 14.4. The normalized spacial score (nSPS) is 28.0. The van der Waals surface area contributed by atoms with E-state index in [1.807, 2.05) is 0 Å². The molecule has 4 atom stereocenters. The largest absolute Gasteiger partial charge is 0.463 e. The molecule has 0 bridgehead atoms. The predicted octanol–water partition coefficient (Wildman–Crippen LogP) is 8.12. The van der Waals surface area contributed by atoms with Crippen LogP contribution in [0, 0.1) is 17.8 Å². The van der Waals surface area contributed by atoms with Crippen molar-refractivity contribution in [1.82, 2.24) is 0 Å². The van der Waals surface area contributed by atoms with Crippen molar-refractivity contribution >= 4 is 11.9 Å². The molecule has 3 aliphatic carbocycles. The molecule has 0 amide bonds. The zero-order valence-electron chi connectivity index (χ0n) is 30.3. The lowest BCUT2D eigenvalue weighted by atomic mass is 9.71. The monoisotopic (exact) mass is 694 g/mol. The topological polar surface area (TPSA) is 119 Å². The van der Waals surface area contributed by atoms with Gasteiger partial charge < -0.3 is 28.4 Å². The lowest BCUT2D eigenvalue weighted by Gasteiger charge is -2.41. The molecule has 0 aromatic rings. The second kappa shape index (κ2) is 25.2. The molecular formula is C39H66O10. The summed E-state index contributed by atoms with van der Waals surface area (Å²) in [7, 11) is 0. The van der Waals surface area contributed by atoms with Crippen molar-refractivity contribution in [2.75, 3.05) is 33.2 Å². The highest BCUT2D eigenvalue weighted by molar-refractivity contribution is 5.81. The molecule has 0 radical (unpaired) electrons. The van der Waals surface area contributed by atoms with Crippen LogP contribution < -0.4 is 0 Å². The molecule has 0 aromatic heterocycles. The average molecular weight is 695 g/mol. The third-order valence-corrected chi connectivity index (χ3v) is 10.7. The van der Waals surface area contributed by atoms with Crippen LogP contribution >= 0.6 is 0 Å². The van der Waals surface area contributed by atoms with E-state index >= 15 is 0 Å². The Labute approximate surface area is 295 Å². The first kappa shape index (κ1) is 41.6. The van der Waals surface area contributed by atoms with E-state index in [1.54, 1.807) is 0 Å². The van der Waals surface area contributed by atoms with Crippen molar-refractivity contribution in [2.24, 2.45) is 17.8 Å². The Balaban J connectivity index is 1.18. The maximum atomic E-state index is 11.1. The van der Waals surface area contributed by atoms with Gasteiger partial charge in [-0.2, -0.15) is 0 Å². The van der Waals surface area contributed by atoms with E-state index in [0.29, 0.717) is 50.0 Å². The van der Waals surface area contributed by atoms with Crippen LogP contribution in [0.1, 0.15) is 129 Å². The molecule has 49 heavy (non-hydrogen) atoms. The van der Waals surface area contributed by atoms with E-state index in [2.05, 4.69) is 20.1 Å². The number of carbonyl (C=O) groups excluding carboxylic acids is 2. The summed E-state index contributed by atoms with van der Waals surface area (Å²) in [6.45, 7) is 11.9. The highest BCUT2D eigenvalue weighted by atomic mass is 17.1. The van der Waals surface area contributed by atoms with E-state index in [-0.39, 0.29) is 30.3 Å². The van der Waals surface area contributed by atoms with E-state index in [0.717, 1.165) is 135 Å². The van der Waals surface area contributed by atoms with Gasteiger partial charge >= 0.3 is 11.9 Å². The van der Waals surface area contributed by atoms with Gasteiger partial charge in [0.2, 0.25) is 0 Å². The highest BCUT2D eigenvalue weighted by Gasteiger charge is 2.39. The smallest absolute Gasteiger partial charge is 0.330 e. The molecular weight excluding hydrogens is 628 g/mol. The van der Waals surface area contributed by atoms with Crippen LogP contribution in [0.2, 0.25) is 0 Å². The molecule has 4 unspecified atom stereocenters. The summed E-state index contributed by atoms with van der Waals surface area (Å²) in [4.78, 5) is 27.3. The Bertz CT molecular complexity index is 911. The van der Waals surface area contributed by atoms with Crippen LogP contribution in [0.15, 0.2) is 25.3 Å². The Hall–Kier alpha value is -1.82. The number of hydrogen-bond donors (Lipinski definition) is 1. The van der Waals surface area contributed by atoms with Gasteiger partial charge in [0.25, 0.3) is 0 Å². The molecule has 1 N–H and O–H groups in total. The minimum atomic E-state index is -0.357. The van der Waals surface area contributed by atoms with Crippen molar-refractivity contribution in [3.8, 4) is 0 Å². The van der Waals surface area contributed by atoms with Crippen molar-refractivity contribution in [3.63, 3.8) is 0 Å². The van der Waals surface area contributed by atoms with Gasteiger partial charge in [-0.15, -0.1) is 0 Å². The van der Waals surface area contributed by atoms with Crippen LogP contribution in [0.5, 0.6) is 0 Å². The fraction of sp³-hybridized carbons (Fsp3) is 0.846. The van der Waals surface area contributed by atoms with Crippen molar-refractivity contribution in [1.29, 1.82) is 0 Å². The summed E-state index contributed by atoms with van der Waals surface area (Å²) in [5, 5.41) is 9.94. The maximum absolute atomic E-state index is 11.1. The van der Waals surface area contributed by atoms with Crippen molar-refractivity contribution < 1.29 is 48.2 Å². The zero-order valence-corrected chi connectivity index (χ0v) is 30.3. The lowest BCUT2D eigenvalue weighted by Crippen LogP contribution is -2.41. The summed E-state index contributed by atoms with van der Waals surface area (Å²) in [5.41, 5.74) is 0. The first-order valence-corrected chi connectivity index (χ1v) is 19.3. The van der Waals surface area contributed by atoms with Gasteiger partial charge in [0.05, 0.1) is 43.7 Å². The van der Waals surface area contributed by atoms with Gasteiger partial charge in [-0.1, -0.05) is 32.9 Å². The fourth-order valence-corrected chi connectivity index (χ4v) is 7.76. The molecule has 282 valence electrons. The summed E-state index contributed by atoms with van der Waals surface area (Å²) < 4.78 is 34.7. The summed E-state index contributed by atoms with van der Waals surface area (Å²) in [5.74, 6) is 0.381. The van der Waals surface area contributed by atoms with Gasteiger partial charge in [-0.05, 0) is 127 Å². The van der Waals surface area contributed by atoms with Crippen LogP contribution in [0.25, 0.3) is 0 Å². The number of esters is 2. The summed E-state index contributed by atoms with van der Waals surface area (Å²) in [6, 6.07) is 0. The molecule has 0 aromatic carbocycles. The van der Waals surface area contributed by atoms with Gasteiger partial charge in [0.1, 0.15) is 6.79 Å². The Kier molecular flexibility index (Phi) is 21.4. The summed E-state index contributed by atoms with van der Waals surface area (Å²) >= 11 is 0. The molecule has 0 saturated heterocycles. The van der Waals surface area contributed by atoms with Crippen LogP contribution in [0.4, 0.5) is 0 Å². The van der Waals surface area contributed by atoms with Gasteiger partial charge in [-0.3, -0.25) is 5.26 Å². The molecule has 10 heteroatoms. The van der Waals surface area contributed by atoms with Crippen LogP contribution in [-0.4, -0.2) is 80.9 Å². The van der Waals surface area contributed by atoms with Gasteiger partial charge in [-0.25, -0.2) is 14.5 Å². The third-order valence-electron chi connectivity index (χ3n) is 10.7. The lowest BCUT2D eigenvalue weighted by molar-refractivity contribution is -0.309. The first-order valence-electron chi connectivity index (χ1n) is 19.3. The fourth-order valence-electron chi connectivity index (χ4n) is 7.76. The zero-order chi connectivity index (χ0) is 35.1. The predicted molar refractivity (Wildman–Crippen MR) is 188 cm³/mol. The van der Waals surface area contributed by atoms with Crippen LogP contribution in [-0.2, 0) is 42.9 Å². The first-order chi connectivity index (χ1) is 23.9. The van der Waals surface area contributed by atoms with E-state index in [1.165, 1.54) is 12.2 Å². The van der Waals surface area contributed by atoms with Crippen molar-refractivity contribution in [2.45, 2.75) is 159 Å². The Morgan fingerprint density at radius 3 is 1.53 bits per heavy atom. The second-order valence-electron chi connectivity index (χ2n) is 14.4. The molecule has 3 aliphatic rings. The molecule has 0 heterocycles. The van der Waals surface area contributed by atoms with E-state index in [4.69, 9.17) is 33.3 Å². The minimum Gasteiger partial charge on any atom is -0.463 e. The number of unbranched alkanes of at least 4 members (excludes halogenated alkanes) is 6. The molecule has 3 fully saturated rings. The number of rotatable bonds is 25. The highest BCUT2D eigenvalue weighted by Crippen LogP contribution is 2.40. The number of hydrogen-bond acceptors (Lipinski definition) is 10. The number of ether oxygens (including phenoxy) is 6. The minimum absolute atomic E-state index is 0.123. The maximum Gasteiger partial charge on any atom is 0.330 e. The van der Waals surface area contributed by atoms with Gasteiger partial charge in [0.15, 0.2) is 0 Å². The average Bonchev–Trinajstić information content (AvgIpc) is 3.12. The van der Waals surface area contributed by atoms with Crippen molar-refractivity contribution in [3.05, 3.63) is 25.3 Å². The van der Waals surface area contributed by atoms with Crippen LogP contribution in [0.3, 0.4) is 0 Å². The molecule has 3 saturated carbocycles. The molecule has 0 aliphatic heterocycles. The Morgan fingerprint density at radius 2 is 1.06 bits per heavy atom. The van der Waals surface area contributed by atoms with E-state index < -0.39 is 0 Å². The summed E-state index contributed by atoms with van der Waals surface area (Å²) in [6.07, 6.45) is 22.4. The quantitative estimate of drug-likeness (QED) is 0.0251. The van der Waals surface area contributed by atoms with E-state index in [9.17, 15) is 14.8 Å². The molecule has 10 nitrogen and oxygen atoms in total. The number of carbonyl (C=O) groups is 2.